The van der Waals surface area contributed by atoms with Gasteiger partial charge in [0.2, 0.25) is 0 Å². The van der Waals surface area contributed by atoms with Crippen molar-refractivity contribution in [2.45, 2.75) is 39.2 Å². The van der Waals surface area contributed by atoms with Crippen molar-refractivity contribution in [2.75, 3.05) is 6.54 Å². The van der Waals surface area contributed by atoms with Gasteiger partial charge in [-0.05, 0) is 49.8 Å². The monoisotopic (exact) mass is 322 g/mol. The maximum absolute atomic E-state index is 13.0. The van der Waals surface area contributed by atoms with Crippen molar-refractivity contribution in [1.29, 1.82) is 0 Å². The lowest BCUT2D eigenvalue weighted by atomic mass is 9.75. The van der Waals surface area contributed by atoms with Gasteiger partial charge in [0, 0.05) is 31.2 Å². The summed E-state index contributed by atoms with van der Waals surface area (Å²) in [6.07, 6.45) is 10.7. The first-order valence-corrected chi connectivity index (χ1v) is 8.49. The molecule has 0 aromatic carbocycles. The van der Waals surface area contributed by atoms with E-state index in [1.165, 1.54) is 5.57 Å². The summed E-state index contributed by atoms with van der Waals surface area (Å²) < 4.78 is 1.69. The van der Waals surface area contributed by atoms with Gasteiger partial charge in [0.1, 0.15) is 0 Å². The average Bonchev–Trinajstić information content (AvgIpc) is 3.20. The molecular weight excluding hydrogens is 300 g/mol. The standard InChI is InChI=1S/C19H22N4O/c1-3-14-9-16-11-19(2,10-14)13-22(16)18(24)15-5-6-17(20-12-15)23-8-4-7-21-23/h3-8,12,16H,9-11,13H2,1-2H3/b14-3-. The summed E-state index contributed by atoms with van der Waals surface area (Å²) in [7, 11) is 0. The van der Waals surface area contributed by atoms with Gasteiger partial charge in [-0.2, -0.15) is 5.10 Å². The Morgan fingerprint density at radius 2 is 2.29 bits per heavy atom. The Labute approximate surface area is 142 Å². The van der Waals surface area contributed by atoms with Crippen LogP contribution in [0.2, 0.25) is 0 Å². The summed E-state index contributed by atoms with van der Waals surface area (Å²) in [5, 5.41) is 4.16. The number of carbonyl (C=O) groups excluding carboxylic acids is 1. The molecule has 4 rings (SSSR count). The highest BCUT2D eigenvalue weighted by Gasteiger charge is 2.46. The molecular formula is C19H22N4O. The third-order valence-corrected chi connectivity index (χ3v) is 5.28. The lowest BCUT2D eigenvalue weighted by Crippen LogP contribution is -2.35. The van der Waals surface area contributed by atoms with E-state index in [0.717, 1.165) is 31.6 Å². The Balaban J connectivity index is 1.56. The Bertz CT molecular complexity index is 778. The van der Waals surface area contributed by atoms with Crippen LogP contribution in [0.1, 0.15) is 43.5 Å². The van der Waals surface area contributed by atoms with Crippen LogP contribution in [-0.2, 0) is 0 Å². The number of fused-ring (bicyclic) bond motifs is 2. The molecule has 2 atom stereocenters. The molecule has 124 valence electrons. The minimum atomic E-state index is 0.0978. The Morgan fingerprint density at radius 3 is 2.96 bits per heavy atom. The van der Waals surface area contributed by atoms with Gasteiger partial charge in [0.15, 0.2) is 5.82 Å². The number of rotatable bonds is 2. The van der Waals surface area contributed by atoms with Gasteiger partial charge in [-0.1, -0.05) is 18.6 Å². The molecule has 0 radical (unpaired) electrons. The van der Waals surface area contributed by atoms with Crippen molar-refractivity contribution in [3.8, 4) is 5.82 Å². The van der Waals surface area contributed by atoms with Crippen molar-refractivity contribution < 1.29 is 4.79 Å². The van der Waals surface area contributed by atoms with Crippen molar-refractivity contribution in [3.05, 3.63) is 54.0 Å². The van der Waals surface area contributed by atoms with Crippen LogP contribution in [0.4, 0.5) is 0 Å². The first kappa shape index (κ1) is 15.1. The maximum atomic E-state index is 13.0. The van der Waals surface area contributed by atoms with E-state index >= 15 is 0 Å². The van der Waals surface area contributed by atoms with Crippen LogP contribution in [0.25, 0.3) is 5.82 Å². The highest BCUT2D eigenvalue weighted by molar-refractivity contribution is 5.94. The number of likely N-dealkylation sites (tertiary alicyclic amines) is 1. The van der Waals surface area contributed by atoms with Crippen LogP contribution in [-0.4, -0.2) is 38.2 Å². The average molecular weight is 322 g/mol. The second-order valence-corrected chi connectivity index (χ2v) is 7.29. The predicted octanol–water partition coefficient (Wildman–Crippen LogP) is 3.23. The molecule has 1 amide bonds. The normalized spacial score (nSPS) is 27.7. The minimum Gasteiger partial charge on any atom is -0.335 e. The molecule has 0 spiro atoms. The molecule has 1 saturated carbocycles. The molecule has 3 heterocycles. The number of nitrogens with zero attached hydrogens (tertiary/aromatic N) is 4. The fourth-order valence-corrected chi connectivity index (χ4v) is 4.19. The summed E-state index contributed by atoms with van der Waals surface area (Å²) in [5.74, 6) is 0.820. The largest absolute Gasteiger partial charge is 0.335 e. The maximum Gasteiger partial charge on any atom is 0.255 e. The molecule has 1 aliphatic heterocycles. The molecule has 2 aliphatic rings. The Kier molecular flexibility index (Phi) is 3.52. The quantitative estimate of drug-likeness (QED) is 0.798. The van der Waals surface area contributed by atoms with Gasteiger partial charge in [-0.15, -0.1) is 0 Å². The number of allylic oxidation sites excluding steroid dienone is 1. The third-order valence-electron chi connectivity index (χ3n) is 5.28. The van der Waals surface area contributed by atoms with E-state index in [-0.39, 0.29) is 11.3 Å². The number of amides is 1. The minimum absolute atomic E-state index is 0.0978. The van der Waals surface area contributed by atoms with E-state index in [4.69, 9.17) is 0 Å². The fourth-order valence-electron chi connectivity index (χ4n) is 4.19. The highest BCUT2D eigenvalue weighted by Crippen LogP contribution is 2.47. The van der Waals surface area contributed by atoms with Gasteiger partial charge in [0.05, 0.1) is 5.56 Å². The molecule has 5 heteroatoms. The fraction of sp³-hybridized carbons (Fsp3) is 0.421. The molecule has 2 unspecified atom stereocenters. The lowest BCUT2D eigenvalue weighted by molar-refractivity contribution is 0.0732. The predicted molar refractivity (Wildman–Crippen MR) is 91.9 cm³/mol. The van der Waals surface area contributed by atoms with E-state index in [1.54, 1.807) is 17.1 Å². The topological polar surface area (TPSA) is 51.0 Å². The molecule has 1 aliphatic carbocycles. The number of carbonyl (C=O) groups is 1. The van der Waals surface area contributed by atoms with E-state index < -0.39 is 0 Å². The molecule has 1 saturated heterocycles. The number of hydrogen-bond acceptors (Lipinski definition) is 3. The van der Waals surface area contributed by atoms with E-state index in [0.29, 0.717) is 11.6 Å². The van der Waals surface area contributed by atoms with Crippen LogP contribution >= 0.6 is 0 Å². The van der Waals surface area contributed by atoms with Crippen LogP contribution in [0.15, 0.2) is 48.4 Å². The van der Waals surface area contributed by atoms with Crippen molar-refractivity contribution in [3.63, 3.8) is 0 Å². The van der Waals surface area contributed by atoms with Crippen LogP contribution in [0.5, 0.6) is 0 Å². The first-order chi connectivity index (χ1) is 11.6. The van der Waals surface area contributed by atoms with Crippen LogP contribution < -0.4 is 0 Å². The van der Waals surface area contributed by atoms with Crippen molar-refractivity contribution in [1.82, 2.24) is 19.7 Å². The van der Waals surface area contributed by atoms with Gasteiger partial charge < -0.3 is 4.90 Å². The zero-order valence-electron chi connectivity index (χ0n) is 14.1. The lowest BCUT2D eigenvalue weighted by Gasteiger charge is -2.29. The van der Waals surface area contributed by atoms with Gasteiger partial charge in [-0.3, -0.25) is 4.79 Å². The Morgan fingerprint density at radius 1 is 1.42 bits per heavy atom. The SMILES string of the molecule is C/C=C1/CC2CC(C)(C1)CN2C(=O)c1ccc(-n2cccn2)nc1. The Hall–Kier alpha value is -2.43. The van der Waals surface area contributed by atoms with Crippen molar-refractivity contribution in [2.24, 2.45) is 5.41 Å². The third kappa shape index (κ3) is 2.54. The smallest absolute Gasteiger partial charge is 0.255 e. The zero-order valence-corrected chi connectivity index (χ0v) is 14.1. The molecule has 2 fully saturated rings. The zero-order chi connectivity index (χ0) is 16.7. The van der Waals surface area contributed by atoms with Gasteiger partial charge in [0.25, 0.3) is 5.91 Å². The molecule has 24 heavy (non-hydrogen) atoms. The summed E-state index contributed by atoms with van der Waals surface area (Å²) in [6.45, 7) is 5.25. The van der Waals surface area contributed by atoms with E-state index in [9.17, 15) is 4.79 Å². The first-order valence-electron chi connectivity index (χ1n) is 8.49. The summed E-state index contributed by atoms with van der Waals surface area (Å²) in [6, 6.07) is 5.88. The molecule has 2 bridgehead atoms. The van der Waals surface area contributed by atoms with E-state index in [2.05, 4.69) is 34.9 Å². The number of pyridine rings is 1. The number of hydrogen-bond donors (Lipinski definition) is 0. The molecule has 5 nitrogen and oxygen atoms in total. The van der Waals surface area contributed by atoms with Gasteiger partial charge in [-0.25, -0.2) is 9.67 Å². The summed E-state index contributed by atoms with van der Waals surface area (Å²) in [5.41, 5.74) is 2.36. The van der Waals surface area contributed by atoms with Crippen LogP contribution in [0.3, 0.4) is 0 Å². The molecule has 0 N–H and O–H groups in total. The summed E-state index contributed by atoms with van der Waals surface area (Å²) >= 11 is 0. The second kappa shape index (κ2) is 5.58. The van der Waals surface area contributed by atoms with Gasteiger partial charge >= 0.3 is 0 Å². The van der Waals surface area contributed by atoms with Crippen LogP contribution in [0, 0.1) is 5.41 Å². The molecule has 2 aromatic heterocycles. The molecule has 2 aromatic rings. The van der Waals surface area contributed by atoms with Crippen molar-refractivity contribution >= 4 is 5.91 Å². The highest BCUT2D eigenvalue weighted by atomic mass is 16.2. The second-order valence-electron chi connectivity index (χ2n) is 7.29. The number of aromatic nitrogens is 3. The summed E-state index contributed by atoms with van der Waals surface area (Å²) in [4.78, 5) is 19.4. The van der Waals surface area contributed by atoms with E-state index in [1.807, 2.05) is 24.4 Å².